The highest BCUT2D eigenvalue weighted by Gasteiger charge is 2.22. The number of hydrogen-bond donors (Lipinski definition) is 0. The fourth-order valence-corrected chi connectivity index (χ4v) is 4.14. The van der Waals surface area contributed by atoms with Crippen LogP contribution in [0.25, 0.3) is 11.1 Å². The Morgan fingerprint density at radius 3 is 2.39 bits per heavy atom. The molecule has 3 aromatic carbocycles. The van der Waals surface area contributed by atoms with Crippen LogP contribution in [0.2, 0.25) is 0 Å². The third-order valence-electron chi connectivity index (χ3n) is 4.15. The summed E-state index contributed by atoms with van der Waals surface area (Å²) < 4.78 is 0. The van der Waals surface area contributed by atoms with Crippen molar-refractivity contribution in [2.75, 3.05) is 11.9 Å². The molecule has 0 fully saturated rings. The summed E-state index contributed by atoms with van der Waals surface area (Å²) in [7, 11) is 2.08. The molecule has 0 amide bonds. The van der Waals surface area contributed by atoms with Gasteiger partial charge in [0.25, 0.3) is 0 Å². The van der Waals surface area contributed by atoms with Crippen LogP contribution < -0.4 is 4.90 Å². The monoisotopic (exact) mass is 317 g/mol. The van der Waals surface area contributed by atoms with Gasteiger partial charge in [0.05, 0.1) is 11.4 Å². The summed E-state index contributed by atoms with van der Waals surface area (Å²) in [4.78, 5) is 16.1. The number of anilines is 2. The normalized spacial score (nSPS) is 12.5. The van der Waals surface area contributed by atoms with Crippen LogP contribution in [0.5, 0.6) is 0 Å². The lowest BCUT2D eigenvalue weighted by Crippen LogP contribution is -2.15. The summed E-state index contributed by atoms with van der Waals surface area (Å²) in [5.41, 5.74) is 5.11. The smallest absolute Gasteiger partial charge is 0.150 e. The van der Waals surface area contributed by atoms with Crippen LogP contribution in [0.1, 0.15) is 10.4 Å². The van der Waals surface area contributed by atoms with Gasteiger partial charge in [0.2, 0.25) is 0 Å². The molecule has 0 aliphatic carbocycles. The lowest BCUT2D eigenvalue weighted by atomic mass is 9.99. The van der Waals surface area contributed by atoms with Gasteiger partial charge in [-0.1, -0.05) is 54.2 Å². The molecule has 0 bridgehead atoms. The van der Waals surface area contributed by atoms with E-state index in [1.54, 1.807) is 11.8 Å². The number of para-hydroxylation sites is 1. The average Bonchev–Trinajstić information content (AvgIpc) is 2.62. The van der Waals surface area contributed by atoms with Crippen LogP contribution in [0, 0.1) is 0 Å². The minimum absolute atomic E-state index is 0.732. The highest BCUT2D eigenvalue weighted by molar-refractivity contribution is 7.99. The molecule has 0 radical (unpaired) electrons. The fraction of sp³-hybridized carbons (Fsp3) is 0.0500. The highest BCUT2D eigenvalue weighted by Crippen LogP contribution is 2.48. The molecule has 4 rings (SSSR count). The average molecular weight is 317 g/mol. The SMILES string of the molecule is CN1c2ccccc2Sc2cc(C=O)c(-c3ccccc3)cc21. The summed E-state index contributed by atoms with van der Waals surface area (Å²) in [6, 6.07) is 22.5. The van der Waals surface area contributed by atoms with Crippen LogP contribution in [0.3, 0.4) is 0 Å². The van der Waals surface area contributed by atoms with Gasteiger partial charge in [-0.05, 0) is 35.4 Å². The molecule has 0 N–H and O–H groups in total. The van der Waals surface area contributed by atoms with Crippen molar-refractivity contribution < 1.29 is 4.79 Å². The Labute approximate surface area is 139 Å². The number of carbonyl (C=O) groups is 1. The first-order chi connectivity index (χ1) is 11.3. The first kappa shape index (κ1) is 14.1. The lowest BCUT2D eigenvalue weighted by molar-refractivity contribution is 0.112. The number of benzene rings is 3. The molecular formula is C20H15NOS. The van der Waals surface area contributed by atoms with Crippen LogP contribution in [-0.4, -0.2) is 13.3 Å². The van der Waals surface area contributed by atoms with E-state index in [2.05, 4.69) is 36.2 Å². The Morgan fingerprint density at radius 2 is 1.61 bits per heavy atom. The highest BCUT2D eigenvalue weighted by atomic mass is 32.2. The van der Waals surface area contributed by atoms with Gasteiger partial charge in [-0.2, -0.15) is 0 Å². The van der Waals surface area contributed by atoms with Crippen molar-refractivity contribution in [2.45, 2.75) is 9.79 Å². The Balaban J connectivity index is 1.91. The molecule has 3 heteroatoms. The number of nitrogens with zero attached hydrogens (tertiary/aromatic N) is 1. The summed E-state index contributed by atoms with van der Waals surface area (Å²) in [6.45, 7) is 0. The van der Waals surface area contributed by atoms with Crippen molar-refractivity contribution in [3.63, 3.8) is 0 Å². The quantitative estimate of drug-likeness (QED) is 0.590. The van der Waals surface area contributed by atoms with E-state index in [4.69, 9.17) is 0 Å². The molecule has 2 nitrogen and oxygen atoms in total. The Bertz CT molecular complexity index is 889. The van der Waals surface area contributed by atoms with Gasteiger partial charge >= 0.3 is 0 Å². The van der Waals surface area contributed by atoms with Gasteiger partial charge < -0.3 is 4.90 Å². The van der Waals surface area contributed by atoms with Crippen molar-refractivity contribution in [3.05, 3.63) is 72.3 Å². The van der Waals surface area contributed by atoms with E-state index < -0.39 is 0 Å². The van der Waals surface area contributed by atoms with E-state index in [-0.39, 0.29) is 0 Å². The Morgan fingerprint density at radius 1 is 0.870 bits per heavy atom. The Kier molecular flexibility index (Phi) is 3.43. The van der Waals surface area contributed by atoms with Crippen molar-refractivity contribution in [1.29, 1.82) is 0 Å². The van der Waals surface area contributed by atoms with Gasteiger partial charge in [-0.3, -0.25) is 4.79 Å². The molecule has 1 heterocycles. The van der Waals surface area contributed by atoms with E-state index in [1.807, 2.05) is 42.5 Å². The molecule has 1 aliphatic rings. The van der Waals surface area contributed by atoms with Crippen molar-refractivity contribution >= 4 is 29.4 Å². The molecular weight excluding hydrogens is 302 g/mol. The van der Waals surface area contributed by atoms with E-state index in [1.165, 1.54) is 10.6 Å². The van der Waals surface area contributed by atoms with Crippen molar-refractivity contribution in [3.8, 4) is 11.1 Å². The number of carbonyl (C=O) groups excluding carboxylic acids is 1. The molecule has 0 aromatic heterocycles. The zero-order chi connectivity index (χ0) is 15.8. The van der Waals surface area contributed by atoms with Crippen LogP contribution in [0.15, 0.2) is 76.5 Å². The fourth-order valence-electron chi connectivity index (χ4n) is 2.96. The summed E-state index contributed by atoms with van der Waals surface area (Å²) in [6.07, 6.45) is 0.948. The molecule has 0 saturated heterocycles. The van der Waals surface area contributed by atoms with Crippen molar-refractivity contribution in [2.24, 2.45) is 0 Å². The van der Waals surface area contributed by atoms with E-state index in [0.717, 1.165) is 33.6 Å². The van der Waals surface area contributed by atoms with Gasteiger partial charge in [-0.25, -0.2) is 0 Å². The number of rotatable bonds is 2. The van der Waals surface area contributed by atoms with Gasteiger partial charge in [-0.15, -0.1) is 0 Å². The van der Waals surface area contributed by atoms with Crippen molar-refractivity contribution in [1.82, 2.24) is 0 Å². The maximum Gasteiger partial charge on any atom is 0.150 e. The van der Waals surface area contributed by atoms with Gasteiger partial charge in [0, 0.05) is 22.4 Å². The van der Waals surface area contributed by atoms with Gasteiger partial charge in [0.1, 0.15) is 0 Å². The summed E-state index contributed by atoms with van der Waals surface area (Å²) >= 11 is 1.72. The van der Waals surface area contributed by atoms with E-state index in [0.29, 0.717) is 0 Å². The first-order valence-corrected chi connectivity index (χ1v) is 8.29. The number of hydrogen-bond acceptors (Lipinski definition) is 3. The van der Waals surface area contributed by atoms with Crippen LogP contribution >= 0.6 is 11.8 Å². The second-order valence-electron chi connectivity index (χ2n) is 5.52. The van der Waals surface area contributed by atoms with E-state index >= 15 is 0 Å². The zero-order valence-corrected chi connectivity index (χ0v) is 13.5. The summed E-state index contributed by atoms with van der Waals surface area (Å²) in [5, 5.41) is 0. The predicted octanol–water partition coefficient (Wildman–Crippen LogP) is 5.40. The molecule has 0 unspecified atom stereocenters. The predicted molar refractivity (Wildman–Crippen MR) is 95.9 cm³/mol. The third-order valence-corrected chi connectivity index (χ3v) is 5.26. The topological polar surface area (TPSA) is 20.3 Å². The molecule has 112 valence electrons. The third kappa shape index (κ3) is 2.34. The largest absolute Gasteiger partial charge is 0.343 e. The molecule has 3 aromatic rings. The van der Waals surface area contributed by atoms with E-state index in [9.17, 15) is 4.79 Å². The maximum absolute atomic E-state index is 11.6. The second-order valence-corrected chi connectivity index (χ2v) is 6.60. The summed E-state index contributed by atoms with van der Waals surface area (Å²) in [5.74, 6) is 0. The minimum Gasteiger partial charge on any atom is -0.343 e. The number of fused-ring (bicyclic) bond motifs is 2. The molecule has 1 aliphatic heterocycles. The number of aldehydes is 1. The minimum atomic E-state index is 0.732. The first-order valence-electron chi connectivity index (χ1n) is 7.47. The maximum atomic E-state index is 11.6. The zero-order valence-electron chi connectivity index (χ0n) is 12.7. The second kappa shape index (κ2) is 5.60. The molecule has 0 atom stereocenters. The Hall–Kier alpha value is -2.52. The van der Waals surface area contributed by atoms with Gasteiger partial charge in [0.15, 0.2) is 6.29 Å². The molecule has 0 saturated carbocycles. The van der Waals surface area contributed by atoms with Crippen LogP contribution in [-0.2, 0) is 0 Å². The van der Waals surface area contributed by atoms with Crippen LogP contribution in [0.4, 0.5) is 11.4 Å². The standard InChI is InChI=1S/C20H15NOS/c1-21-17-9-5-6-10-19(17)23-20-11-15(13-22)16(12-18(20)21)14-7-3-2-4-8-14/h2-13H,1H3. The molecule has 23 heavy (non-hydrogen) atoms. The molecule has 0 spiro atoms. The lowest BCUT2D eigenvalue weighted by Gasteiger charge is -2.30.